The molecule has 5 saturated carbocycles. The Morgan fingerprint density at radius 2 is 1.76 bits per heavy atom. The molecule has 6 rings (SSSR count). The summed E-state index contributed by atoms with van der Waals surface area (Å²) < 4.78 is 13.3. The highest BCUT2D eigenvalue weighted by atomic mass is 16.5. The van der Waals surface area contributed by atoms with Crippen LogP contribution in [0.2, 0.25) is 0 Å². The monoisotopic (exact) mass is 580 g/mol. The number of aryl methyl sites for hydroxylation is 1. The van der Waals surface area contributed by atoms with Gasteiger partial charge in [-0.1, -0.05) is 41.2 Å². The van der Waals surface area contributed by atoms with Crippen molar-refractivity contribution in [2.24, 2.45) is 56.7 Å². The van der Waals surface area contributed by atoms with Crippen molar-refractivity contribution in [3.8, 4) is 0 Å². The second-order valence-corrected chi connectivity index (χ2v) is 16.6. The van der Waals surface area contributed by atoms with Gasteiger partial charge in [-0.25, -0.2) is 14.3 Å². The summed E-state index contributed by atoms with van der Waals surface area (Å²) in [7, 11) is 1.78. The second-order valence-electron chi connectivity index (χ2n) is 16.6. The van der Waals surface area contributed by atoms with Gasteiger partial charge >= 0.3 is 6.09 Å². The highest BCUT2D eigenvalue weighted by Crippen LogP contribution is 2.77. The molecule has 0 saturated heterocycles. The van der Waals surface area contributed by atoms with E-state index in [2.05, 4.69) is 46.2 Å². The molecule has 0 aromatic carbocycles. The summed E-state index contributed by atoms with van der Waals surface area (Å²) in [6, 6.07) is 0. The third kappa shape index (κ3) is 4.09. The lowest BCUT2D eigenvalue weighted by atomic mass is 9.32. The minimum Gasteiger partial charge on any atom is -0.448 e. The molecule has 0 aliphatic heterocycles. The van der Waals surface area contributed by atoms with Crippen LogP contribution in [-0.4, -0.2) is 47.2 Å². The zero-order valence-corrected chi connectivity index (χ0v) is 27.4. The number of ether oxygens (including phenoxy) is 2. The summed E-state index contributed by atoms with van der Waals surface area (Å²) in [4.78, 5) is 17.4. The smallest absolute Gasteiger partial charge is 0.419 e. The van der Waals surface area contributed by atoms with Gasteiger partial charge in [0.2, 0.25) is 0 Å². The van der Waals surface area contributed by atoms with Gasteiger partial charge in [-0.05, 0) is 128 Å². The maximum Gasteiger partial charge on any atom is 0.419 e. The first-order chi connectivity index (χ1) is 19.7. The van der Waals surface area contributed by atoms with Gasteiger partial charge < -0.3 is 14.6 Å². The van der Waals surface area contributed by atoms with Gasteiger partial charge in [0.15, 0.2) is 0 Å². The van der Waals surface area contributed by atoms with E-state index in [-0.39, 0.29) is 39.3 Å². The molecule has 10 atom stereocenters. The maximum absolute atomic E-state index is 13.1. The molecule has 0 spiro atoms. The van der Waals surface area contributed by atoms with Crippen LogP contribution in [0.25, 0.3) is 0 Å². The maximum atomic E-state index is 13.1. The number of hydrogen-bond acceptors (Lipinski definition) is 5. The fourth-order valence-corrected chi connectivity index (χ4v) is 12.6. The van der Waals surface area contributed by atoms with E-state index in [1.54, 1.807) is 19.5 Å². The highest BCUT2D eigenvalue weighted by Gasteiger charge is 2.71. The molecular weight excluding hydrogens is 524 g/mol. The van der Waals surface area contributed by atoms with Crippen LogP contribution in [0, 0.1) is 63.6 Å². The zero-order chi connectivity index (χ0) is 30.3. The first-order valence-electron chi connectivity index (χ1n) is 16.8. The van der Waals surface area contributed by atoms with E-state index in [4.69, 9.17) is 9.47 Å². The molecular formula is C36H56N2O4. The lowest BCUT2D eigenvalue weighted by Gasteiger charge is -2.73. The predicted molar refractivity (Wildman–Crippen MR) is 165 cm³/mol. The van der Waals surface area contributed by atoms with E-state index in [9.17, 15) is 9.90 Å². The van der Waals surface area contributed by atoms with Crippen LogP contribution >= 0.6 is 0 Å². The Hall–Kier alpha value is -1.66. The summed E-state index contributed by atoms with van der Waals surface area (Å²) in [5.74, 6) is 3.33. The van der Waals surface area contributed by atoms with Crippen molar-refractivity contribution in [3.05, 3.63) is 30.4 Å². The Kier molecular flexibility index (Phi) is 7.37. The predicted octanol–water partition coefficient (Wildman–Crippen LogP) is 7.82. The van der Waals surface area contributed by atoms with Crippen molar-refractivity contribution in [3.63, 3.8) is 0 Å². The van der Waals surface area contributed by atoms with Crippen molar-refractivity contribution >= 4 is 6.09 Å². The number of aliphatic hydroxyl groups excluding tert-OH is 1. The molecule has 0 bridgehead atoms. The number of methoxy groups -OCH3 is 1. The van der Waals surface area contributed by atoms with E-state index in [1.807, 2.05) is 6.92 Å². The van der Waals surface area contributed by atoms with Gasteiger partial charge in [0.1, 0.15) is 5.82 Å². The highest BCUT2D eigenvalue weighted by molar-refractivity contribution is 5.71. The lowest BCUT2D eigenvalue weighted by Crippen LogP contribution is -2.66. The van der Waals surface area contributed by atoms with Crippen molar-refractivity contribution in [2.45, 2.75) is 112 Å². The number of nitrogens with zero attached hydrogens (tertiary/aromatic N) is 2. The van der Waals surface area contributed by atoms with Crippen molar-refractivity contribution in [2.75, 3.05) is 20.3 Å². The fourth-order valence-electron chi connectivity index (χ4n) is 12.6. The summed E-state index contributed by atoms with van der Waals surface area (Å²) in [5.41, 5.74) is 1.92. The number of hydrogen-bond donors (Lipinski definition) is 1. The molecule has 6 nitrogen and oxygen atoms in total. The molecule has 0 unspecified atom stereocenters. The number of aromatic nitrogens is 2. The average Bonchev–Trinajstić information content (AvgIpc) is 3.54. The van der Waals surface area contributed by atoms with Gasteiger partial charge in [0.05, 0.1) is 19.3 Å². The molecule has 5 aliphatic carbocycles. The first-order valence-corrected chi connectivity index (χ1v) is 16.8. The number of rotatable bonds is 5. The number of carbonyl (C=O) groups is 1. The molecule has 1 aromatic rings. The third-order valence-electron chi connectivity index (χ3n) is 14.9. The van der Waals surface area contributed by atoms with E-state index in [0.717, 1.165) is 32.1 Å². The second kappa shape index (κ2) is 10.2. The summed E-state index contributed by atoms with van der Waals surface area (Å²) in [5, 5.41) is 11.1. The SMILES string of the molecule is C=C(COC)[C@@H]1CC[C@]2(COC(=O)n3ccnc3C)CC[C@]3(C)[C@H](CC[C@@H]4[C@@]5(C)CC[C@H](O)C(C)(C)[C@@H]5CC[C@]43C)[C@@H]12. The number of fused-ring (bicyclic) bond motifs is 7. The Morgan fingerprint density at radius 3 is 2.45 bits per heavy atom. The van der Waals surface area contributed by atoms with Crippen molar-refractivity contribution < 1.29 is 19.4 Å². The van der Waals surface area contributed by atoms with E-state index < -0.39 is 0 Å². The standard InChI is InChI=1S/C36H56N2O4/c1-23(21-41-8)25-11-16-36(22-42-31(40)38-20-19-37-24(38)2)18-17-34(6)26(30(25)36)9-10-28-33(5)14-13-29(39)32(3,4)27(33)12-15-35(28,34)7/h19-20,25-30,39H,1,9-18,21-22H2,2-8H3/t25-,26+,27-,28+,29-,30+,33-,34+,35+,36+/m0/s1. The largest absolute Gasteiger partial charge is 0.448 e. The summed E-state index contributed by atoms with van der Waals surface area (Å²) in [6.45, 7) is 20.1. The lowest BCUT2D eigenvalue weighted by molar-refractivity contribution is -0.249. The van der Waals surface area contributed by atoms with Gasteiger partial charge in [-0.15, -0.1) is 0 Å². The molecule has 0 amide bonds. The van der Waals surface area contributed by atoms with Crippen LogP contribution in [0.5, 0.6) is 0 Å². The Labute approximate surface area is 254 Å². The minimum absolute atomic E-state index is 0.0170. The van der Waals surface area contributed by atoms with E-state index in [0.29, 0.717) is 48.6 Å². The molecule has 1 aromatic heterocycles. The molecule has 42 heavy (non-hydrogen) atoms. The zero-order valence-electron chi connectivity index (χ0n) is 27.4. The third-order valence-corrected chi connectivity index (χ3v) is 14.9. The molecule has 234 valence electrons. The van der Waals surface area contributed by atoms with Crippen LogP contribution in [0.1, 0.15) is 105 Å². The number of aliphatic hydroxyl groups is 1. The summed E-state index contributed by atoms with van der Waals surface area (Å²) >= 11 is 0. The van der Waals surface area contributed by atoms with Crippen LogP contribution in [0.15, 0.2) is 24.5 Å². The van der Waals surface area contributed by atoms with Gasteiger partial charge in [0, 0.05) is 24.9 Å². The van der Waals surface area contributed by atoms with Crippen LogP contribution in [0.3, 0.4) is 0 Å². The quantitative estimate of drug-likeness (QED) is 0.360. The molecule has 5 fully saturated rings. The van der Waals surface area contributed by atoms with Gasteiger partial charge in [-0.2, -0.15) is 0 Å². The Balaban J connectivity index is 1.34. The summed E-state index contributed by atoms with van der Waals surface area (Å²) in [6.07, 6.45) is 14.4. The Bertz CT molecular complexity index is 1220. The van der Waals surface area contributed by atoms with Gasteiger partial charge in [0.25, 0.3) is 0 Å². The first kappa shape index (κ1) is 30.4. The normalized spacial score (nSPS) is 45.7. The van der Waals surface area contributed by atoms with Gasteiger partial charge in [-0.3, -0.25) is 0 Å². The topological polar surface area (TPSA) is 73.6 Å². The van der Waals surface area contributed by atoms with Crippen molar-refractivity contribution in [1.82, 2.24) is 9.55 Å². The van der Waals surface area contributed by atoms with Crippen LogP contribution < -0.4 is 0 Å². The molecule has 1 heterocycles. The van der Waals surface area contributed by atoms with Crippen LogP contribution in [-0.2, 0) is 9.47 Å². The minimum atomic E-state index is -0.311. The number of carbonyl (C=O) groups excluding carboxylic acids is 1. The van der Waals surface area contributed by atoms with E-state index >= 15 is 0 Å². The molecule has 6 heteroatoms. The van der Waals surface area contributed by atoms with E-state index in [1.165, 1.54) is 42.2 Å². The average molecular weight is 581 g/mol. The van der Waals surface area contributed by atoms with Crippen LogP contribution in [0.4, 0.5) is 4.79 Å². The fraction of sp³-hybridized carbons (Fsp3) is 0.833. The Morgan fingerprint density at radius 1 is 1.00 bits per heavy atom. The molecule has 1 N–H and O–H groups in total. The molecule has 0 radical (unpaired) electrons. The van der Waals surface area contributed by atoms with Crippen molar-refractivity contribution in [1.29, 1.82) is 0 Å². The number of imidazole rings is 1. The molecule has 5 aliphatic rings.